The van der Waals surface area contributed by atoms with E-state index >= 15 is 0 Å². The molecule has 0 saturated carbocycles. The van der Waals surface area contributed by atoms with E-state index in [0.29, 0.717) is 28.1 Å². The molecule has 0 radical (unpaired) electrons. The predicted molar refractivity (Wildman–Crippen MR) is 109 cm³/mol. The second-order valence-corrected chi connectivity index (χ2v) is 7.64. The molecule has 0 bridgehead atoms. The highest BCUT2D eigenvalue weighted by Gasteiger charge is 2.17. The van der Waals surface area contributed by atoms with Crippen molar-refractivity contribution in [3.8, 4) is 17.0 Å². The Morgan fingerprint density at radius 1 is 0.967 bits per heavy atom. The van der Waals surface area contributed by atoms with E-state index in [1.165, 1.54) is 12.1 Å². The molecule has 0 atom stereocenters. The lowest BCUT2D eigenvalue weighted by Gasteiger charge is -2.05. The smallest absolute Gasteiger partial charge is 0.385 e. The van der Waals surface area contributed by atoms with Crippen molar-refractivity contribution >= 4 is 32.3 Å². The molecule has 0 aliphatic heterocycles. The van der Waals surface area contributed by atoms with Crippen LogP contribution in [0.2, 0.25) is 0 Å². The molecule has 1 aromatic heterocycles. The first-order chi connectivity index (χ1) is 14.4. The van der Waals surface area contributed by atoms with Gasteiger partial charge in [-0.2, -0.15) is 8.42 Å². The Labute approximate surface area is 170 Å². The quantitative estimate of drug-likeness (QED) is 0.358. The molecule has 4 aromatic rings. The SMILES string of the molecule is COc1ccc(-c2[nH]oc(=O)c2N=Nc2ccc(S(=O)(=O)O)c3ccccc23)cc1. The van der Waals surface area contributed by atoms with Crippen LogP contribution in [-0.2, 0) is 10.1 Å². The number of hydrogen-bond acceptors (Lipinski definition) is 7. The fourth-order valence-corrected chi connectivity index (χ4v) is 3.71. The van der Waals surface area contributed by atoms with E-state index in [4.69, 9.17) is 9.26 Å². The van der Waals surface area contributed by atoms with Gasteiger partial charge in [0.15, 0.2) is 5.69 Å². The molecule has 10 heteroatoms. The summed E-state index contributed by atoms with van der Waals surface area (Å²) >= 11 is 0. The zero-order chi connectivity index (χ0) is 21.3. The third-order valence-electron chi connectivity index (χ3n) is 4.45. The first-order valence-corrected chi connectivity index (χ1v) is 10.1. The largest absolute Gasteiger partial charge is 0.497 e. The number of benzene rings is 3. The molecule has 0 fully saturated rings. The van der Waals surface area contributed by atoms with Crippen molar-refractivity contribution < 1.29 is 22.2 Å². The van der Waals surface area contributed by atoms with Crippen LogP contribution in [0.4, 0.5) is 11.4 Å². The molecule has 2 N–H and O–H groups in total. The van der Waals surface area contributed by atoms with Crippen LogP contribution in [-0.4, -0.2) is 25.2 Å². The van der Waals surface area contributed by atoms with Crippen LogP contribution >= 0.6 is 0 Å². The van der Waals surface area contributed by atoms with E-state index in [-0.39, 0.29) is 16.0 Å². The Kier molecular flexibility index (Phi) is 4.94. The summed E-state index contributed by atoms with van der Waals surface area (Å²) in [6, 6.07) is 16.1. The highest BCUT2D eigenvalue weighted by molar-refractivity contribution is 7.86. The van der Waals surface area contributed by atoms with Gasteiger partial charge in [0.2, 0.25) is 0 Å². The van der Waals surface area contributed by atoms with Crippen molar-refractivity contribution in [2.75, 3.05) is 7.11 Å². The van der Waals surface area contributed by atoms with E-state index in [0.717, 1.165) is 0 Å². The number of azo groups is 1. The lowest BCUT2D eigenvalue weighted by atomic mass is 10.1. The van der Waals surface area contributed by atoms with Gasteiger partial charge in [0.1, 0.15) is 16.3 Å². The van der Waals surface area contributed by atoms with Crippen molar-refractivity contribution in [1.82, 2.24) is 5.16 Å². The van der Waals surface area contributed by atoms with Crippen LogP contribution in [0.25, 0.3) is 22.0 Å². The molecule has 152 valence electrons. The molecule has 30 heavy (non-hydrogen) atoms. The zero-order valence-corrected chi connectivity index (χ0v) is 16.4. The molecule has 1 heterocycles. The van der Waals surface area contributed by atoms with Crippen molar-refractivity contribution in [2.45, 2.75) is 4.90 Å². The number of ether oxygens (including phenoxy) is 1. The van der Waals surface area contributed by atoms with Crippen LogP contribution < -0.4 is 10.4 Å². The Morgan fingerprint density at radius 2 is 1.67 bits per heavy atom. The molecular weight excluding hydrogens is 410 g/mol. The van der Waals surface area contributed by atoms with E-state index in [9.17, 15) is 17.8 Å². The minimum absolute atomic E-state index is 0.0388. The molecule has 0 aliphatic carbocycles. The number of aromatic amines is 1. The molecular formula is C20H15N3O6S. The van der Waals surface area contributed by atoms with Gasteiger partial charge < -0.3 is 9.26 Å². The van der Waals surface area contributed by atoms with Crippen LogP contribution in [0.15, 0.2) is 85.1 Å². The predicted octanol–water partition coefficient (Wildman–Crippen LogP) is 4.46. The highest BCUT2D eigenvalue weighted by atomic mass is 32.2. The van der Waals surface area contributed by atoms with Gasteiger partial charge >= 0.3 is 5.63 Å². The van der Waals surface area contributed by atoms with E-state index < -0.39 is 15.7 Å². The summed E-state index contributed by atoms with van der Waals surface area (Å²) in [4.78, 5) is 11.9. The van der Waals surface area contributed by atoms with Gasteiger partial charge in [0.05, 0.1) is 12.8 Å². The maximum atomic E-state index is 12.1. The van der Waals surface area contributed by atoms with E-state index in [1.54, 1.807) is 55.6 Å². The Balaban J connectivity index is 1.80. The summed E-state index contributed by atoms with van der Waals surface area (Å²) in [5.74, 6) is 0.651. The number of aromatic nitrogens is 1. The summed E-state index contributed by atoms with van der Waals surface area (Å²) < 4.78 is 42.7. The second kappa shape index (κ2) is 7.58. The van der Waals surface area contributed by atoms with Crippen molar-refractivity contribution in [2.24, 2.45) is 10.2 Å². The summed E-state index contributed by atoms with van der Waals surface area (Å²) in [7, 11) is -2.86. The lowest BCUT2D eigenvalue weighted by Crippen LogP contribution is -1.98. The lowest BCUT2D eigenvalue weighted by molar-refractivity contribution is 0.394. The first-order valence-electron chi connectivity index (χ1n) is 8.65. The third-order valence-corrected chi connectivity index (χ3v) is 5.36. The van der Waals surface area contributed by atoms with E-state index in [1.807, 2.05) is 0 Å². The molecule has 3 aromatic carbocycles. The first kappa shape index (κ1) is 19.6. The van der Waals surface area contributed by atoms with Crippen molar-refractivity contribution in [1.29, 1.82) is 0 Å². The third kappa shape index (κ3) is 3.61. The van der Waals surface area contributed by atoms with Crippen LogP contribution in [0.5, 0.6) is 5.75 Å². The summed E-state index contributed by atoms with van der Waals surface area (Å²) in [6.07, 6.45) is 0. The molecule has 9 nitrogen and oxygen atoms in total. The number of nitrogens with zero attached hydrogens (tertiary/aromatic N) is 2. The fraction of sp³-hybridized carbons (Fsp3) is 0.0500. The second-order valence-electron chi connectivity index (χ2n) is 6.25. The van der Waals surface area contributed by atoms with Gasteiger partial charge in [-0.3, -0.25) is 4.55 Å². The number of H-pyrrole nitrogens is 1. The maximum Gasteiger partial charge on any atom is 0.385 e. The summed E-state index contributed by atoms with van der Waals surface area (Å²) in [5.41, 5.74) is 0.554. The fourth-order valence-electron chi connectivity index (χ4n) is 3.01. The van der Waals surface area contributed by atoms with Crippen LogP contribution in [0.3, 0.4) is 0 Å². The van der Waals surface area contributed by atoms with Crippen LogP contribution in [0.1, 0.15) is 0 Å². The summed E-state index contributed by atoms with van der Waals surface area (Å²) in [5, 5.41) is 11.4. The summed E-state index contributed by atoms with van der Waals surface area (Å²) in [6.45, 7) is 0. The Morgan fingerprint density at radius 3 is 2.33 bits per heavy atom. The van der Waals surface area contributed by atoms with Gasteiger partial charge in [-0.1, -0.05) is 24.3 Å². The topological polar surface area (TPSA) is 134 Å². The van der Waals surface area contributed by atoms with Gasteiger partial charge in [0, 0.05) is 16.3 Å². The molecule has 4 rings (SSSR count). The molecule has 0 saturated heterocycles. The van der Waals surface area contributed by atoms with E-state index in [2.05, 4.69) is 15.4 Å². The van der Waals surface area contributed by atoms with Gasteiger partial charge in [-0.05, 0) is 36.4 Å². The number of fused-ring (bicyclic) bond motifs is 1. The molecule has 0 unspecified atom stereocenters. The number of rotatable bonds is 5. The Bertz CT molecular complexity index is 1420. The number of nitrogens with one attached hydrogen (secondary N) is 1. The van der Waals surface area contributed by atoms with Crippen molar-refractivity contribution in [3.05, 3.63) is 71.1 Å². The van der Waals surface area contributed by atoms with Gasteiger partial charge in [-0.15, -0.1) is 10.2 Å². The van der Waals surface area contributed by atoms with Gasteiger partial charge in [0.25, 0.3) is 10.1 Å². The molecule has 0 spiro atoms. The molecule has 0 aliphatic rings. The van der Waals surface area contributed by atoms with Crippen molar-refractivity contribution in [3.63, 3.8) is 0 Å². The zero-order valence-electron chi connectivity index (χ0n) is 15.6. The maximum absolute atomic E-state index is 12.1. The monoisotopic (exact) mass is 425 g/mol. The number of methoxy groups -OCH3 is 1. The molecule has 0 amide bonds. The highest BCUT2D eigenvalue weighted by Crippen LogP contribution is 2.33. The standard InChI is InChI=1S/C20H15N3O6S/c1-28-13-8-6-12(7-9-13)18-19(20(24)29-23-18)22-21-16-10-11-17(30(25,26)27)15-5-3-2-4-14(15)16/h2-11,23H,1H3,(H,25,26,27). The Hall–Kier alpha value is -3.76. The number of hydrogen-bond donors (Lipinski definition) is 2. The minimum atomic E-state index is -4.41. The average Bonchev–Trinajstić information content (AvgIpc) is 3.11. The minimum Gasteiger partial charge on any atom is -0.497 e. The van der Waals surface area contributed by atoms with Gasteiger partial charge in [-0.25, -0.2) is 9.95 Å². The normalized spacial score (nSPS) is 11.9. The van der Waals surface area contributed by atoms with Crippen LogP contribution in [0, 0.1) is 0 Å². The average molecular weight is 425 g/mol.